The van der Waals surface area contributed by atoms with Gasteiger partial charge >= 0.3 is 5.97 Å². The van der Waals surface area contributed by atoms with E-state index >= 15 is 0 Å². The molecule has 5 nitrogen and oxygen atoms in total. The Labute approximate surface area is 118 Å². The largest absolute Gasteiger partial charge is 0.493 e. The first-order valence-electron chi connectivity index (χ1n) is 6.15. The van der Waals surface area contributed by atoms with Gasteiger partial charge in [-0.1, -0.05) is 12.1 Å². The van der Waals surface area contributed by atoms with Gasteiger partial charge in [0, 0.05) is 5.56 Å². The Morgan fingerprint density at radius 1 is 1.20 bits per heavy atom. The number of Topliss-reactive ketones (excluding diaryl/α,β-unsaturated/α-hetero) is 1. The Kier molecular flexibility index (Phi) is 5.77. The van der Waals surface area contributed by atoms with Gasteiger partial charge in [0.2, 0.25) is 0 Å². The minimum atomic E-state index is -0.648. The van der Waals surface area contributed by atoms with Crippen molar-refractivity contribution in [2.75, 3.05) is 20.8 Å². The maximum absolute atomic E-state index is 11.8. The second kappa shape index (κ2) is 7.33. The summed E-state index contributed by atoms with van der Waals surface area (Å²) in [5.74, 6) is -0.0377. The van der Waals surface area contributed by atoms with Gasteiger partial charge in [-0.25, -0.2) is 4.79 Å². The molecular formula is C15H18O5. The molecule has 0 bridgehead atoms. The van der Waals surface area contributed by atoms with Gasteiger partial charge in [-0.15, -0.1) is 0 Å². The van der Waals surface area contributed by atoms with E-state index in [1.807, 2.05) is 0 Å². The Bertz CT molecular complexity index is 531. The number of carbonyl (C=O) groups is 2. The summed E-state index contributed by atoms with van der Waals surface area (Å²) in [5.41, 5.74) is 0.545. The molecule has 0 heterocycles. The summed E-state index contributed by atoms with van der Waals surface area (Å²) in [5, 5.41) is 0. The van der Waals surface area contributed by atoms with Crippen LogP contribution < -0.4 is 9.47 Å². The van der Waals surface area contributed by atoms with Gasteiger partial charge in [0.05, 0.1) is 20.8 Å². The predicted molar refractivity (Wildman–Crippen MR) is 74.8 cm³/mol. The van der Waals surface area contributed by atoms with Crippen LogP contribution in [0, 0.1) is 0 Å². The van der Waals surface area contributed by atoms with Crippen LogP contribution in [0.15, 0.2) is 23.8 Å². The molecule has 1 aromatic carbocycles. The van der Waals surface area contributed by atoms with Crippen LogP contribution in [0.2, 0.25) is 0 Å². The van der Waals surface area contributed by atoms with Crippen molar-refractivity contribution < 1.29 is 23.8 Å². The number of rotatable bonds is 6. The summed E-state index contributed by atoms with van der Waals surface area (Å²) in [4.78, 5) is 23.3. The van der Waals surface area contributed by atoms with Crippen LogP contribution in [0.1, 0.15) is 19.4 Å². The van der Waals surface area contributed by atoms with E-state index in [0.29, 0.717) is 17.1 Å². The van der Waals surface area contributed by atoms with Crippen LogP contribution in [0.4, 0.5) is 0 Å². The number of hydrogen-bond acceptors (Lipinski definition) is 5. The predicted octanol–water partition coefficient (Wildman–Crippen LogP) is 2.24. The number of methoxy groups -OCH3 is 2. The van der Waals surface area contributed by atoms with Crippen LogP contribution in [-0.4, -0.2) is 32.6 Å². The highest BCUT2D eigenvalue weighted by molar-refractivity contribution is 6.19. The smallest absolute Gasteiger partial charge is 0.341 e. The van der Waals surface area contributed by atoms with Gasteiger partial charge in [0.25, 0.3) is 0 Å². The van der Waals surface area contributed by atoms with Crippen LogP contribution in [0.5, 0.6) is 11.5 Å². The number of carbonyl (C=O) groups excluding carboxylic acids is 2. The normalized spacial score (nSPS) is 10.9. The van der Waals surface area contributed by atoms with E-state index in [4.69, 9.17) is 14.2 Å². The highest BCUT2D eigenvalue weighted by atomic mass is 16.5. The molecule has 0 fully saturated rings. The van der Waals surface area contributed by atoms with E-state index in [1.54, 1.807) is 25.1 Å². The molecule has 0 aliphatic heterocycles. The fraction of sp³-hybridized carbons (Fsp3) is 0.333. The van der Waals surface area contributed by atoms with Gasteiger partial charge in [-0.05, 0) is 26.0 Å². The Balaban J connectivity index is 3.31. The molecule has 0 aliphatic carbocycles. The molecule has 0 unspecified atom stereocenters. The third-order valence-corrected chi connectivity index (χ3v) is 2.61. The second-order valence-electron chi connectivity index (χ2n) is 3.92. The monoisotopic (exact) mass is 278 g/mol. The molecule has 0 saturated heterocycles. The highest BCUT2D eigenvalue weighted by Gasteiger charge is 2.17. The maximum Gasteiger partial charge on any atom is 0.341 e. The Hall–Kier alpha value is -2.30. The summed E-state index contributed by atoms with van der Waals surface area (Å²) in [6.07, 6.45) is 1.45. The molecular weight excluding hydrogens is 260 g/mol. The summed E-state index contributed by atoms with van der Waals surface area (Å²) in [7, 11) is 3.01. The van der Waals surface area contributed by atoms with E-state index in [-0.39, 0.29) is 18.0 Å². The Morgan fingerprint density at radius 2 is 1.90 bits per heavy atom. The minimum Gasteiger partial charge on any atom is -0.493 e. The first-order valence-corrected chi connectivity index (χ1v) is 6.15. The number of esters is 1. The van der Waals surface area contributed by atoms with Crippen molar-refractivity contribution >= 4 is 17.8 Å². The lowest BCUT2D eigenvalue weighted by atomic mass is 10.1. The molecule has 0 saturated carbocycles. The lowest BCUT2D eigenvalue weighted by Crippen LogP contribution is -2.13. The van der Waals surface area contributed by atoms with Crippen molar-refractivity contribution in [2.24, 2.45) is 0 Å². The molecule has 0 amide bonds. The molecule has 1 rings (SSSR count). The second-order valence-corrected chi connectivity index (χ2v) is 3.92. The van der Waals surface area contributed by atoms with Crippen LogP contribution in [-0.2, 0) is 14.3 Å². The molecule has 0 aliphatic rings. The van der Waals surface area contributed by atoms with Crippen molar-refractivity contribution in [3.8, 4) is 11.5 Å². The highest BCUT2D eigenvalue weighted by Crippen LogP contribution is 2.32. The number of para-hydroxylation sites is 1. The molecule has 1 aromatic rings. The third-order valence-electron chi connectivity index (χ3n) is 2.61. The van der Waals surface area contributed by atoms with Gasteiger partial charge in [-0.2, -0.15) is 0 Å². The zero-order valence-corrected chi connectivity index (χ0v) is 12.1. The minimum absolute atomic E-state index is 0.0293. The molecule has 0 spiro atoms. The maximum atomic E-state index is 11.8. The van der Waals surface area contributed by atoms with E-state index in [0.717, 1.165) is 0 Å². The van der Waals surface area contributed by atoms with Crippen molar-refractivity contribution in [2.45, 2.75) is 13.8 Å². The fourth-order valence-corrected chi connectivity index (χ4v) is 1.69. The van der Waals surface area contributed by atoms with Gasteiger partial charge < -0.3 is 14.2 Å². The van der Waals surface area contributed by atoms with E-state index in [2.05, 4.69) is 0 Å². The van der Waals surface area contributed by atoms with Gasteiger partial charge in [0.15, 0.2) is 17.3 Å². The van der Waals surface area contributed by atoms with E-state index in [9.17, 15) is 9.59 Å². The van der Waals surface area contributed by atoms with Gasteiger partial charge in [0.1, 0.15) is 5.57 Å². The summed E-state index contributed by atoms with van der Waals surface area (Å²) < 4.78 is 15.3. The fourth-order valence-electron chi connectivity index (χ4n) is 1.69. The standard InChI is InChI=1S/C15H18O5/c1-5-20-15(17)12(10(2)16)9-11-7-6-8-13(18-3)14(11)19-4/h6-9H,5H2,1-4H3. The lowest BCUT2D eigenvalue weighted by molar-refractivity contribution is -0.139. The van der Waals surface area contributed by atoms with Crippen molar-refractivity contribution in [1.29, 1.82) is 0 Å². The molecule has 108 valence electrons. The van der Waals surface area contributed by atoms with Crippen LogP contribution >= 0.6 is 0 Å². The van der Waals surface area contributed by atoms with Crippen molar-refractivity contribution in [3.05, 3.63) is 29.3 Å². The topological polar surface area (TPSA) is 61.8 Å². The number of hydrogen-bond donors (Lipinski definition) is 0. The van der Waals surface area contributed by atoms with Gasteiger partial charge in [-0.3, -0.25) is 4.79 Å². The first kappa shape index (κ1) is 15.8. The van der Waals surface area contributed by atoms with E-state index in [1.165, 1.54) is 27.2 Å². The quantitative estimate of drug-likeness (QED) is 0.345. The van der Waals surface area contributed by atoms with Crippen molar-refractivity contribution in [1.82, 2.24) is 0 Å². The van der Waals surface area contributed by atoms with Crippen molar-refractivity contribution in [3.63, 3.8) is 0 Å². The van der Waals surface area contributed by atoms with Crippen LogP contribution in [0.25, 0.3) is 6.08 Å². The number of ether oxygens (including phenoxy) is 3. The average molecular weight is 278 g/mol. The lowest BCUT2D eigenvalue weighted by Gasteiger charge is -2.11. The summed E-state index contributed by atoms with van der Waals surface area (Å²) in [6.45, 7) is 3.20. The molecule has 0 atom stereocenters. The molecule has 20 heavy (non-hydrogen) atoms. The van der Waals surface area contributed by atoms with Crippen LogP contribution in [0.3, 0.4) is 0 Å². The molecule has 0 aromatic heterocycles. The SMILES string of the molecule is CCOC(=O)C(=Cc1cccc(OC)c1OC)C(C)=O. The zero-order chi connectivity index (χ0) is 15.1. The Morgan fingerprint density at radius 3 is 2.40 bits per heavy atom. The number of ketones is 1. The molecule has 0 radical (unpaired) electrons. The molecule has 5 heteroatoms. The zero-order valence-electron chi connectivity index (χ0n) is 12.1. The van der Waals surface area contributed by atoms with E-state index < -0.39 is 5.97 Å². The summed E-state index contributed by atoms with van der Waals surface area (Å²) >= 11 is 0. The molecule has 0 N–H and O–H groups in total. The summed E-state index contributed by atoms with van der Waals surface area (Å²) in [6, 6.07) is 5.20. The first-order chi connectivity index (χ1) is 9.54. The number of benzene rings is 1. The average Bonchev–Trinajstić information content (AvgIpc) is 2.43. The third kappa shape index (κ3) is 3.60.